The number of thiocarbonyl (C=S) groups is 1. The summed E-state index contributed by atoms with van der Waals surface area (Å²) in [6.07, 6.45) is 7.27. The molecule has 1 aliphatic carbocycles. The number of benzene rings is 1. The number of nitro groups is 1. The number of nitro benzene ring substituents is 1. The van der Waals surface area contributed by atoms with Gasteiger partial charge in [0, 0.05) is 18.2 Å². The van der Waals surface area contributed by atoms with Crippen LogP contribution in [0.3, 0.4) is 0 Å². The first kappa shape index (κ1) is 20.6. The van der Waals surface area contributed by atoms with Crippen LogP contribution < -0.4 is 4.74 Å². The van der Waals surface area contributed by atoms with Gasteiger partial charge in [-0.15, -0.1) is 0 Å². The molecule has 1 amide bonds. The van der Waals surface area contributed by atoms with E-state index < -0.39 is 4.92 Å². The Labute approximate surface area is 172 Å². The van der Waals surface area contributed by atoms with E-state index in [0.717, 1.165) is 18.2 Å². The van der Waals surface area contributed by atoms with Gasteiger partial charge in [0.05, 0.1) is 22.5 Å². The molecule has 28 heavy (non-hydrogen) atoms. The molecule has 0 unspecified atom stereocenters. The highest BCUT2D eigenvalue weighted by Gasteiger charge is 2.33. The number of carbonyl (C=O) groups excluding carboxylic acids is 1. The van der Waals surface area contributed by atoms with E-state index in [9.17, 15) is 20.0 Å². The highest BCUT2D eigenvalue weighted by atomic mass is 32.2. The maximum atomic E-state index is 12.8. The molecule has 1 saturated carbocycles. The van der Waals surface area contributed by atoms with Crippen LogP contribution in [0.1, 0.15) is 44.6 Å². The minimum Gasteiger partial charge on any atom is -0.504 e. The molecule has 1 aromatic rings. The highest BCUT2D eigenvalue weighted by molar-refractivity contribution is 8.26. The molecule has 2 fully saturated rings. The van der Waals surface area contributed by atoms with Gasteiger partial charge in [0.15, 0.2) is 11.5 Å². The molecule has 1 aromatic carbocycles. The Morgan fingerprint density at radius 3 is 2.79 bits per heavy atom. The van der Waals surface area contributed by atoms with Gasteiger partial charge in [-0.25, -0.2) is 0 Å². The van der Waals surface area contributed by atoms with Gasteiger partial charge in [0.25, 0.3) is 11.6 Å². The van der Waals surface area contributed by atoms with Crippen molar-refractivity contribution >= 4 is 46.0 Å². The third-order valence-electron chi connectivity index (χ3n) is 5.00. The monoisotopic (exact) mass is 422 g/mol. The van der Waals surface area contributed by atoms with E-state index in [-0.39, 0.29) is 35.3 Å². The minimum absolute atomic E-state index is 0.0136. The van der Waals surface area contributed by atoms with E-state index in [1.807, 2.05) is 0 Å². The number of aromatic hydroxyl groups is 1. The van der Waals surface area contributed by atoms with Crippen LogP contribution in [0.25, 0.3) is 6.08 Å². The second-order valence-electron chi connectivity index (χ2n) is 6.84. The van der Waals surface area contributed by atoms with Gasteiger partial charge in [-0.1, -0.05) is 49.7 Å². The summed E-state index contributed by atoms with van der Waals surface area (Å²) in [5.74, 6) is 0.198. The number of phenols is 1. The van der Waals surface area contributed by atoms with Crippen molar-refractivity contribution in [1.29, 1.82) is 0 Å². The molecule has 1 N–H and O–H groups in total. The second kappa shape index (κ2) is 8.91. The van der Waals surface area contributed by atoms with E-state index in [0.29, 0.717) is 21.7 Å². The molecule has 0 atom stereocenters. The zero-order chi connectivity index (χ0) is 20.3. The van der Waals surface area contributed by atoms with Crippen LogP contribution in [0, 0.1) is 16.0 Å². The lowest BCUT2D eigenvalue weighted by Crippen LogP contribution is -2.30. The van der Waals surface area contributed by atoms with Gasteiger partial charge in [-0.3, -0.25) is 19.8 Å². The maximum absolute atomic E-state index is 12.8. The summed E-state index contributed by atoms with van der Waals surface area (Å²) in [5, 5.41) is 21.6. The molecule has 0 bridgehead atoms. The third-order valence-corrected chi connectivity index (χ3v) is 6.37. The van der Waals surface area contributed by atoms with Gasteiger partial charge in [0.1, 0.15) is 4.32 Å². The number of carbonyl (C=O) groups is 1. The van der Waals surface area contributed by atoms with E-state index in [2.05, 4.69) is 0 Å². The topological polar surface area (TPSA) is 92.9 Å². The standard InChI is InChI=1S/C19H22N2O5S2/c1-2-26-15-11-14(21(24)25)9-13(17(15)22)10-16-18(23)20(19(27)28-16)8-7-12-5-3-4-6-12/h9-12,22H,2-8H2,1H3/b16-10+. The first-order valence-electron chi connectivity index (χ1n) is 9.30. The van der Waals surface area contributed by atoms with Crippen molar-refractivity contribution in [3.8, 4) is 11.5 Å². The first-order chi connectivity index (χ1) is 13.4. The van der Waals surface area contributed by atoms with Crippen molar-refractivity contribution in [3.05, 3.63) is 32.7 Å². The molecule has 9 heteroatoms. The van der Waals surface area contributed by atoms with Gasteiger partial charge >= 0.3 is 0 Å². The normalized spacial score (nSPS) is 19.0. The molecule has 0 radical (unpaired) electrons. The third kappa shape index (κ3) is 4.47. The number of non-ortho nitro benzene ring substituents is 1. The molecular formula is C19H22N2O5S2. The Balaban J connectivity index is 1.83. The Morgan fingerprint density at radius 1 is 1.43 bits per heavy atom. The molecule has 1 heterocycles. The molecule has 0 spiro atoms. The number of hydrogen-bond donors (Lipinski definition) is 1. The quantitative estimate of drug-likeness (QED) is 0.300. The fourth-order valence-electron chi connectivity index (χ4n) is 3.54. The predicted molar refractivity (Wildman–Crippen MR) is 112 cm³/mol. The van der Waals surface area contributed by atoms with Crippen LogP contribution in [-0.4, -0.2) is 38.3 Å². The van der Waals surface area contributed by atoms with E-state index in [4.69, 9.17) is 17.0 Å². The molecule has 1 aliphatic heterocycles. The summed E-state index contributed by atoms with van der Waals surface area (Å²) in [4.78, 5) is 25.3. The van der Waals surface area contributed by atoms with E-state index in [1.54, 1.807) is 11.8 Å². The summed E-state index contributed by atoms with van der Waals surface area (Å²) >= 11 is 6.50. The summed E-state index contributed by atoms with van der Waals surface area (Å²) in [6, 6.07) is 2.39. The molecule has 0 aromatic heterocycles. The van der Waals surface area contributed by atoms with Gasteiger partial charge in [-0.2, -0.15) is 0 Å². The zero-order valence-electron chi connectivity index (χ0n) is 15.6. The molecule has 7 nitrogen and oxygen atoms in total. The number of amides is 1. The smallest absolute Gasteiger partial charge is 0.274 e. The Kier molecular flexibility index (Phi) is 6.56. The fourth-order valence-corrected chi connectivity index (χ4v) is 4.84. The molecule has 3 rings (SSSR count). The van der Waals surface area contributed by atoms with Gasteiger partial charge in [-0.05, 0) is 25.3 Å². The number of ether oxygens (including phenoxy) is 1. The second-order valence-corrected chi connectivity index (χ2v) is 8.52. The maximum Gasteiger partial charge on any atom is 0.274 e. The number of thioether (sulfide) groups is 1. The van der Waals surface area contributed by atoms with Crippen molar-refractivity contribution in [3.63, 3.8) is 0 Å². The number of hydrogen-bond acceptors (Lipinski definition) is 7. The Hall–Kier alpha value is -2.13. The zero-order valence-corrected chi connectivity index (χ0v) is 17.2. The van der Waals surface area contributed by atoms with Crippen LogP contribution in [0.4, 0.5) is 5.69 Å². The molecule has 150 valence electrons. The number of nitrogens with zero attached hydrogens (tertiary/aromatic N) is 2. The van der Waals surface area contributed by atoms with Crippen molar-refractivity contribution in [2.24, 2.45) is 5.92 Å². The fraction of sp³-hybridized carbons (Fsp3) is 0.474. The average Bonchev–Trinajstić information content (AvgIpc) is 3.25. The van der Waals surface area contributed by atoms with Crippen LogP contribution in [0.5, 0.6) is 11.5 Å². The molecular weight excluding hydrogens is 400 g/mol. The van der Waals surface area contributed by atoms with Crippen molar-refractivity contribution in [2.75, 3.05) is 13.2 Å². The van der Waals surface area contributed by atoms with Crippen LogP contribution in [0.15, 0.2) is 17.0 Å². The predicted octanol–water partition coefficient (Wildman–Crippen LogP) is 4.48. The number of rotatable bonds is 7. The lowest BCUT2D eigenvalue weighted by atomic mass is 10.0. The van der Waals surface area contributed by atoms with Crippen LogP contribution in [-0.2, 0) is 4.79 Å². The Morgan fingerprint density at radius 2 is 2.14 bits per heavy atom. The van der Waals surface area contributed by atoms with Gasteiger partial charge in [0.2, 0.25) is 0 Å². The van der Waals surface area contributed by atoms with Crippen molar-refractivity contribution < 1.29 is 19.6 Å². The molecule has 2 aliphatic rings. The van der Waals surface area contributed by atoms with Crippen LogP contribution >= 0.6 is 24.0 Å². The number of phenolic OH excluding ortho intramolecular Hbond substituents is 1. The minimum atomic E-state index is -0.563. The lowest BCUT2D eigenvalue weighted by molar-refractivity contribution is -0.385. The van der Waals surface area contributed by atoms with Crippen molar-refractivity contribution in [1.82, 2.24) is 4.90 Å². The first-order valence-corrected chi connectivity index (χ1v) is 10.5. The summed E-state index contributed by atoms with van der Waals surface area (Å²) in [7, 11) is 0. The largest absolute Gasteiger partial charge is 0.504 e. The van der Waals surface area contributed by atoms with E-state index >= 15 is 0 Å². The average molecular weight is 423 g/mol. The Bertz CT molecular complexity index is 834. The summed E-state index contributed by atoms with van der Waals surface area (Å²) in [5.41, 5.74) is -0.0573. The van der Waals surface area contributed by atoms with Crippen molar-refractivity contribution in [2.45, 2.75) is 39.0 Å². The van der Waals surface area contributed by atoms with Crippen LogP contribution in [0.2, 0.25) is 0 Å². The lowest BCUT2D eigenvalue weighted by Gasteiger charge is -2.17. The van der Waals surface area contributed by atoms with E-state index in [1.165, 1.54) is 43.9 Å². The summed E-state index contributed by atoms with van der Waals surface area (Å²) in [6.45, 7) is 2.54. The SMILES string of the molecule is CCOc1cc([N+](=O)[O-])cc(/C=C2/SC(=S)N(CCC3CCCC3)C2=O)c1O. The highest BCUT2D eigenvalue weighted by Crippen LogP contribution is 2.40. The van der Waals surface area contributed by atoms with Gasteiger partial charge < -0.3 is 9.84 Å². The molecule has 1 saturated heterocycles. The summed E-state index contributed by atoms with van der Waals surface area (Å²) < 4.78 is 5.76.